The van der Waals surface area contributed by atoms with Crippen molar-refractivity contribution in [3.05, 3.63) is 12.2 Å². The van der Waals surface area contributed by atoms with Crippen LogP contribution in [0.2, 0.25) is 0 Å². The molecule has 0 spiro atoms. The molecule has 0 bridgehead atoms. The van der Waals surface area contributed by atoms with E-state index in [4.69, 9.17) is 4.74 Å². The first-order valence-corrected chi connectivity index (χ1v) is 6.08. The van der Waals surface area contributed by atoms with Crippen LogP contribution in [-0.2, 0) is 17.8 Å². The lowest BCUT2D eigenvalue weighted by Gasteiger charge is -2.23. The molecule has 1 N–H and O–H groups in total. The molecule has 0 radical (unpaired) electrons. The van der Waals surface area contributed by atoms with Crippen LogP contribution in [0.25, 0.3) is 0 Å². The highest BCUT2D eigenvalue weighted by Crippen LogP contribution is 2.07. The molecule has 5 nitrogen and oxygen atoms in total. The Balaban J connectivity index is 1.81. The molecule has 0 aromatic carbocycles. The minimum Gasteiger partial charge on any atom is -0.381 e. The quantitative estimate of drug-likeness (QED) is 0.809. The second-order valence-electron chi connectivity index (χ2n) is 4.17. The Hall–Kier alpha value is -0.940. The molecule has 16 heavy (non-hydrogen) atoms. The number of rotatable bonds is 5. The van der Waals surface area contributed by atoms with Crippen LogP contribution in [0.4, 0.5) is 0 Å². The van der Waals surface area contributed by atoms with E-state index in [9.17, 15) is 0 Å². The molecule has 2 rings (SSSR count). The number of aromatic nitrogens is 3. The highest BCUT2D eigenvalue weighted by Gasteiger charge is 2.13. The smallest absolute Gasteiger partial charge is 0.140 e. The molecular formula is C11H20N4O. The Labute approximate surface area is 96.2 Å². The van der Waals surface area contributed by atoms with Gasteiger partial charge in [-0.1, -0.05) is 6.92 Å². The van der Waals surface area contributed by atoms with E-state index >= 15 is 0 Å². The summed E-state index contributed by atoms with van der Waals surface area (Å²) in [7, 11) is 0. The number of hydrogen-bond donors (Lipinski definition) is 1. The molecule has 0 amide bonds. The summed E-state index contributed by atoms with van der Waals surface area (Å²) in [6.07, 6.45) is 4.92. The molecular weight excluding hydrogens is 204 g/mol. The normalized spacial score (nSPS) is 17.8. The van der Waals surface area contributed by atoms with Crippen molar-refractivity contribution < 1.29 is 4.74 Å². The summed E-state index contributed by atoms with van der Waals surface area (Å²) in [5.74, 6) is 1.04. The highest BCUT2D eigenvalue weighted by molar-refractivity contribution is 4.85. The van der Waals surface area contributed by atoms with Gasteiger partial charge in [-0.15, -0.1) is 0 Å². The largest absolute Gasteiger partial charge is 0.381 e. The molecule has 1 aliphatic heterocycles. The van der Waals surface area contributed by atoms with Gasteiger partial charge in [-0.05, 0) is 19.3 Å². The Kier molecular flexibility index (Phi) is 4.30. The van der Waals surface area contributed by atoms with Gasteiger partial charge in [-0.3, -0.25) is 0 Å². The first-order chi connectivity index (χ1) is 7.90. The SMILES string of the molecule is CCCn1ncnc1CNC1CCOCC1. The zero-order valence-corrected chi connectivity index (χ0v) is 9.85. The molecule has 1 fully saturated rings. The standard InChI is InChI=1S/C11H20N4O/c1-2-5-15-11(13-9-14-15)8-12-10-3-6-16-7-4-10/h9-10,12H,2-8H2,1H3. The van der Waals surface area contributed by atoms with Gasteiger partial charge in [0, 0.05) is 25.8 Å². The van der Waals surface area contributed by atoms with Crippen molar-refractivity contribution in [1.29, 1.82) is 0 Å². The van der Waals surface area contributed by atoms with Crippen molar-refractivity contribution in [3.63, 3.8) is 0 Å². The van der Waals surface area contributed by atoms with E-state index in [2.05, 4.69) is 22.3 Å². The second kappa shape index (κ2) is 5.96. The van der Waals surface area contributed by atoms with Gasteiger partial charge in [-0.25, -0.2) is 9.67 Å². The summed E-state index contributed by atoms with van der Waals surface area (Å²) >= 11 is 0. The third kappa shape index (κ3) is 3.02. The van der Waals surface area contributed by atoms with Crippen LogP contribution in [0.3, 0.4) is 0 Å². The molecule has 1 aromatic heterocycles. The van der Waals surface area contributed by atoms with Crippen molar-refractivity contribution in [1.82, 2.24) is 20.1 Å². The third-order valence-corrected chi connectivity index (χ3v) is 2.90. The van der Waals surface area contributed by atoms with Crippen LogP contribution < -0.4 is 5.32 Å². The third-order valence-electron chi connectivity index (χ3n) is 2.90. The summed E-state index contributed by atoms with van der Waals surface area (Å²) in [5.41, 5.74) is 0. The van der Waals surface area contributed by atoms with Crippen molar-refractivity contribution in [2.24, 2.45) is 0 Å². The van der Waals surface area contributed by atoms with Gasteiger partial charge in [0.15, 0.2) is 0 Å². The number of nitrogens with zero attached hydrogens (tertiary/aromatic N) is 3. The van der Waals surface area contributed by atoms with E-state index in [1.165, 1.54) is 0 Å². The maximum Gasteiger partial charge on any atom is 0.140 e. The predicted molar refractivity (Wildman–Crippen MR) is 61.0 cm³/mol. The maximum atomic E-state index is 5.33. The molecule has 0 atom stereocenters. The lowest BCUT2D eigenvalue weighted by Crippen LogP contribution is -2.35. The summed E-state index contributed by atoms with van der Waals surface area (Å²) in [4.78, 5) is 4.28. The Morgan fingerprint density at radius 1 is 1.50 bits per heavy atom. The zero-order valence-electron chi connectivity index (χ0n) is 9.85. The van der Waals surface area contributed by atoms with Crippen LogP contribution in [0.5, 0.6) is 0 Å². The topological polar surface area (TPSA) is 52.0 Å². The van der Waals surface area contributed by atoms with Gasteiger partial charge in [0.2, 0.25) is 0 Å². The van der Waals surface area contributed by atoms with Crippen molar-refractivity contribution in [2.75, 3.05) is 13.2 Å². The molecule has 0 saturated carbocycles. The lowest BCUT2D eigenvalue weighted by atomic mass is 10.1. The first kappa shape index (κ1) is 11.5. The van der Waals surface area contributed by atoms with E-state index in [0.29, 0.717) is 6.04 Å². The molecule has 1 saturated heterocycles. The van der Waals surface area contributed by atoms with Gasteiger partial charge in [-0.2, -0.15) is 5.10 Å². The van der Waals surface area contributed by atoms with Crippen LogP contribution in [0.1, 0.15) is 32.0 Å². The van der Waals surface area contributed by atoms with E-state index < -0.39 is 0 Å². The number of aryl methyl sites for hydroxylation is 1. The summed E-state index contributed by atoms with van der Waals surface area (Å²) in [5, 5.41) is 7.73. The van der Waals surface area contributed by atoms with E-state index in [1.54, 1.807) is 6.33 Å². The van der Waals surface area contributed by atoms with Crippen LogP contribution >= 0.6 is 0 Å². The molecule has 90 valence electrons. The maximum absolute atomic E-state index is 5.33. The highest BCUT2D eigenvalue weighted by atomic mass is 16.5. The Morgan fingerprint density at radius 2 is 2.31 bits per heavy atom. The van der Waals surface area contributed by atoms with E-state index in [1.807, 2.05) is 4.68 Å². The molecule has 0 unspecified atom stereocenters. The average molecular weight is 224 g/mol. The predicted octanol–water partition coefficient (Wildman–Crippen LogP) is 0.957. The fourth-order valence-electron chi connectivity index (χ4n) is 1.96. The molecule has 1 aliphatic rings. The number of hydrogen-bond acceptors (Lipinski definition) is 4. The fraction of sp³-hybridized carbons (Fsp3) is 0.818. The van der Waals surface area contributed by atoms with Gasteiger partial charge in [0.1, 0.15) is 12.2 Å². The van der Waals surface area contributed by atoms with E-state index in [-0.39, 0.29) is 0 Å². The summed E-state index contributed by atoms with van der Waals surface area (Å²) < 4.78 is 7.30. The first-order valence-electron chi connectivity index (χ1n) is 6.08. The van der Waals surface area contributed by atoms with Gasteiger partial charge in [0.25, 0.3) is 0 Å². The monoisotopic (exact) mass is 224 g/mol. The summed E-state index contributed by atoms with van der Waals surface area (Å²) in [6.45, 7) is 5.66. The van der Waals surface area contributed by atoms with E-state index in [0.717, 1.165) is 51.4 Å². The second-order valence-corrected chi connectivity index (χ2v) is 4.17. The van der Waals surface area contributed by atoms with Crippen molar-refractivity contribution in [3.8, 4) is 0 Å². The van der Waals surface area contributed by atoms with Gasteiger partial charge in [0.05, 0.1) is 6.54 Å². The molecule has 2 heterocycles. The van der Waals surface area contributed by atoms with Crippen molar-refractivity contribution >= 4 is 0 Å². The lowest BCUT2D eigenvalue weighted by molar-refractivity contribution is 0.0773. The number of ether oxygens (including phenoxy) is 1. The Morgan fingerprint density at radius 3 is 3.06 bits per heavy atom. The van der Waals surface area contributed by atoms with Crippen LogP contribution in [0, 0.1) is 0 Å². The number of nitrogens with one attached hydrogen (secondary N) is 1. The zero-order chi connectivity index (χ0) is 11.2. The average Bonchev–Trinajstić information content (AvgIpc) is 2.76. The molecule has 1 aromatic rings. The van der Waals surface area contributed by atoms with Crippen LogP contribution in [-0.4, -0.2) is 34.0 Å². The van der Waals surface area contributed by atoms with Gasteiger partial charge >= 0.3 is 0 Å². The van der Waals surface area contributed by atoms with Crippen molar-refractivity contribution in [2.45, 2.75) is 45.3 Å². The minimum atomic E-state index is 0.570. The fourth-order valence-corrected chi connectivity index (χ4v) is 1.96. The molecule has 5 heteroatoms. The minimum absolute atomic E-state index is 0.570. The van der Waals surface area contributed by atoms with Gasteiger partial charge < -0.3 is 10.1 Å². The summed E-state index contributed by atoms with van der Waals surface area (Å²) in [6, 6.07) is 0.570. The Bertz CT molecular complexity index is 307. The van der Waals surface area contributed by atoms with Crippen LogP contribution in [0.15, 0.2) is 6.33 Å². The molecule has 0 aliphatic carbocycles.